The Morgan fingerprint density at radius 1 is 1.70 bits per heavy atom. The lowest BCUT2D eigenvalue weighted by Gasteiger charge is -2.00. The molecule has 0 aromatic rings. The molecular formula is C7H13NO2. The van der Waals surface area contributed by atoms with Gasteiger partial charge in [0.05, 0.1) is 0 Å². The molecule has 0 atom stereocenters. The lowest BCUT2D eigenvalue weighted by atomic mass is 10.3. The van der Waals surface area contributed by atoms with Gasteiger partial charge in [-0.2, -0.15) is 0 Å². The number of rotatable bonds is 3. The second-order valence-corrected chi connectivity index (χ2v) is 1.90. The van der Waals surface area contributed by atoms with Gasteiger partial charge in [0.15, 0.2) is 0 Å². The molecule has 0 rings (SSSR count). The van der Waals surface area contributed by atoms with Crippen molar-refractivity contribution in [2.75, 3.05) is 13.2 Å². The predicted octanol–water partition coefficient (Wildman–Crippen LogP) is 0.455. The van der Waals surface area contributed by atoms with Crippen LogP contribution >= 0.6 is 0 Å². The smallest absolute Gasteiger partial charge is 0.333 e. The highest BCUT2D eigenvalue weighted by Crippen LogP contribution is 1.94. The van der Waals surface area contributed by atoms with Gasteiger partial charge in [-0.15, -0.1) is 0 Å². The fourth-order valence-corrected chi connectivity index (χ4v) is 0.383. The number of allylic oxidation sites excluding steroid dienone is 1. The molecule has 0 aromatic heterocycles. The first-order chi connectivity index (χ1) is 4.72. The van der Waals surface area contributed by atoms with E-state index < -0.39 is 0 Å². The summed E-state index contributed by atoms with van der Waals surface area (Å²) in [6.07, 6.45) is 1.71. The summed E-state index contributed by atoms with van der Waals surface area (Å²) in [5, 5.41) is 0. The molecule has 0 amide bonds. The standard InChI is InChI=1S/C7H13NO2/c1-3-6(2)7(9)10-5-4-8/h3H,4-5,8H2,1-2H3/b6-3-. The van der Waals surface area contributed by atoms with Gasteiger partial charge in [0, 0.05) is 12.1 Å². The van der Waals surface area contributed by atoms with E-state index in [-0.39, 0.29) is 5.97 Å². The minimum atomic E-state index is -0.284. The molecule has 2 N–H and O–H groups in total. The lowest BCUT2D eigenvalue weighted by Crippen LogP contribution is -2.13. The van der Waals surface area contributed by atoms with Gasteiger partial charge in [0.1, 0.15) is 6.61 Å². The minimum absolute atomic E-state index is 0.284. The summed E-state index contributed by atoms with van der Waals surface area (Å²) < 4.78 is 4.71. The van der Waals surface area contributed by atoms with E-state index in [0.29, 0.717) is 18.7 Å². The van der Waals surface area contributed by atoms with E-state index in [0.717, 1.165) is 0 Å². The molecule has 10 heavy (non-hydrogen) atoms. The van der Waals surface area contributed by atoms with Crippen molar-refractivity contribution in [3.05, 3.63) is 11.6 Å². The highest BCUT2D eigenvalue weighted by Gasteiger charge is 2.01. The molecule has 0 fully saturated rings. The van der Waals surface area contributed by atoms with Gasteiger partial charge < -0.3 is 10.5 Å². The number of carbonyl (C=O) groups is 1. The molecule has 0 saturated carbocycles. The van der Waals surface area contributed by atoms with Crippen LogP contribution in [0.2, 0.25) is 0 Å². The van der Waals surface area contributed by atoms with Crippen LogP contribution in [-0.4, -0.2) is 19.1 Å². The van der Waals surface area contributed by atoms with Crippen LogP contribution in [0.25, 0.3) is 0 Å². The third-order valence-corrected chi connectivity index (χ3v) is 1.11. The van der Waals surface area contributed by atoms with E-state index in [1.807, 2.05) is 0 Å². The maximum absolute atomic E-state index is 10.8. The average molecular weight is 143 g/mol. The first-order valence-electron chi connectivity index (χ1n) is 3.22. The molecule has 3 heteroatoms. The number of nitrogens with two attached hydrogens (primary N) is 1. The maximum atomic E-state index is 10.8. The minimum Gasteiger partial charge on any atom is -0.461 e. The molecular weight excluding hydrogens is 130 g/mol. The Hall–Kier alpha value is -0.830. The van der Waals surface area contributed by atoms with Crippen molar-refractivity contribution in [3.63, 3.8) is 0 Å². The van der Waals surface area contributed by atoms with Crippen LogP contribution in [0.5, 0.6) is 0 Å². The Morgan fingerprint density at radius 2 is 2.30 bits per heavy atom. The summed E-state index contributed by atoms with van der Waals surface area (Å²) in [7, 11) is 0. The summed E-state index contributed by atoms with van der Waals surface area (Å²) in [6, 6.07) is 0. The van der Waals surface area contributed by atoms with Gasteiger partial charge in [-0.25, -0.2) is 4.79 Å². The van der Waals surface area contributed by atoms with Gasteiger partial charge in [-0.05, 0) is 13.8 Å². The van der Waals surface area contributed by atoms with Crippen molar-refractivity contribution in [1.29, 1.82) is 0 Å². The summed E-state index contributed by atoms with van der Waals surface area (Å²) >= 11 is 0. The summed E-state index contributed by atoms with van der Waals surface area (Å²) in [6.45, 7) is 4.17. The average Bonchev–Trinajstić information content (AvgIpc) is 1.98. The van der Waals surface area contributed by atoms with E-state index in [1.54, 1.807) is 19.9 Å². The largest absolute Gasteiger partial charge is 0.461 e. The first kappa shape index (κ1) is 9.17. The molecule has 58 valence electrons. The molecule has 0 saturated heterocycles. The summed E-state index contributed by atoms with van der Waals surface area (Å²) in [5.41, 5.74) is 5.74. The zero-order chi connectivity index (χ0) is 7.98. The molecule has 0 aliphatic rings. The van der Waals surface area contributed by atoms with Crippen molar-refractivity contribution in [2.45, 2.75) is 13.8 Å². The first-order valence-corrected chi connectivity index (χ1v) is 3.22. The van der Waals surface area contributed by atoms with E-state index in [1.165, 1.54) is 0 Å². The SMILES string of the molecule is C/C=C(/C)C(=O)OCCN. The zero-order valence-corrected chi connectivity index (χ0v) is 6.39. The van der Waals surface area contributed by atoms with Crippen LogP contribution in [0.1, 0.15) is 13.8 Å². The third-order valence-electron chi connectivity index (χ3n) is 1.11. The van der Waals surface area contributed by atoms with Crippen molar-refractivity contribution < 1.29 is 9.53 Å². The van der Waals surface area contributed by atoms with Crippen molar-refractivity contribution in [3.8, 4) is 0 Å². The fourth-order valence-electron chi connectivity index (χ4n) is 0.383. The molecule has 0 radical (unpaired) electrons. The number of ether oxygens (including phenoxy) is 1. The Labute approximate surface area is 60.9 Å². The van der Waals surface area contributed by atoms with Crippen molar-refractivity contribution in [2.24, 2.45) is 5.73 Å². The van der Waals surface area contributed by atoms with E-state index in [9.17, 15) is 4.79 Å². The van der Waals surface area contributed by atoms with Crippen molar-refractivity contribution in [1.82, 2.24) is 0 Å². The van der Waals surface area contributed by atoms with E-state index in [2.05, 4.69) is 0 Å². The topological polar surface area (TPSA) is 52.3 Å². The van der Waals surface area contributed by atoms with Crippen molar-refractivity contribution >= 4 is 5.97 Å². The zero-order valence-electron chi connectivity index (χ0n) is 6.39. The van der Waals surface area contributed by atoms with Crippen LogP contribution in [0, 0.1) is 0 Å². The predicted molar refractivity (Wildman–Crippen MR) is 39.4 cm³/mol. The second kappa shape index (κ2) is 4.99. The normalized spacial score (nSPS) is 11.3. The summed E-state index contributed by atoms with van der Waals surface area (Å²) in [5.74, 6) is -0.284. The second-order valence-electron chi connectivity index (χ2n) is 1.90. The number of hydrogen-bond acceptors (Lipinski definition) is 3. The van der Waals surface area contributed by atoms with Gasteiger partial charge in [0.25, 0.3) is 0 Å². The Morgan fingerprint density at radius 3 is 2.70 bits per heavy atom. The molecule has 3 nitrogen and oxygen atoms in total. The Kier molecular flexibility index (Phi) is 4.58. The Bertz CT molecular complexity index is 141. The maximum Gasteiger partial charge on any atom is 0.333 e. The Balaban J connectivity index is 3.63. The molecule has 0 aromatic carbocycles. The van der Waals surface area contributed by atoms with Gasteiger partial charge >= 0.3 is 5.97 Å². The van der Waals surface area contributed by atoms with E-state index in [4.69, 9.17) is 10.5 Å². The number of carbonyl (C=O) groups excluding carboxylic acids is 1. The van der Waals surface area contributed by atoms with Crippen LogP contribution < -0.4 is 5.73 Å². The molecule has 0 aliphatic carbocycles. The molecule has 0 spiro atoms. The number of hydrogen-bond donors (Lipinski definition) is 1. The quantitative estimate of drug-likeness (QED) is 0.461. The molecule has 0 heterocycles. The molecule has 0 aliphatic heterocycles. The highest BCUT2D eigenvalue weighted by atomic mass is 16.5. The fraction of sp³-hybridized carbons (Fsp3) is 0.571. The lowest BCUT2D eigenvalue weighted by molar-refractivity contribution is -0.138. The molecule has 0 unspecified atom stereocenters. The van der Waals surface area contributed by atoms with Gasteiger partial charge in [0.2, 0.25) is 0 Å². The van der Waals surface area contributed by atoms with Gasteiger partial charge in [-0.3, -0.25) is 0 Å². The summed E-state index contributed by atoms with van der Waals surface area (Å²) in [4.78, 5) is 10.8. The monoisotopic (exact) mass is 143 g/mol. The van der Waals surface area contributed by atoms with Gasteiger partial charge in [-0.1, -0.05) is 6.08 Å². The van der Waals surface area contributed by atoms with Crippen LogP contribution in [0.3, 0.4) is 0 Å². The van der Waals surface area contributed by atoms with Crippen LogP contribution in [0.15, 0.2) is 11.6 Å². The van der Waals surface area contributed by atoms with E-state index >= 15 is 0 Å². The molecule has 0 bridgehead atoms. The van der Waals surface area contributed by atoms with Crippen LogP contribution in [0.4, 0.5) is 0 Å². The van der Waals surface area contributed by atoms with Crippen LogP contribution in [-0.2, 0) is 9.53 Å². The third kappa shape index (κ3) is 3.25. The highest BCUT2D eigenvalue weighted by molar-refractivity contribution is 5.87. The number of esters is 1.